The maximum atomic E-state index is 11.3. The van der Waals surface area contributed by atoms with E-state index >= 15 is 0 Å². The lowest BCUT2D eigenvalue weighted by Crippen LogP contribution is -2.55. The third-order valence-electron chi connectivity index (χ3n) is 3.24. The van der Waals surface area contributed by atoms with Gasteiger partial charge in [-0.25, -0.2) is 4.98 Å². The van der Waals surface area contributed by atoms with Crippen molar-refractivity contribution in [2.45, 2.75) is 37.8 Å². The molecule has 0 saturated carbocycles. The maximum Gasteiger partial charge on any atom is 0.325 e. The van der Waals surface area contributed by atoms with Crippen molar-refractivity contribution < 1.29 is 30.2 Å². The highest BCUT2D eigenvalue weighted by molar-refractivity contribution is 5.74. The normalized spacial score (nSPS) is 14.1. The first-order chi connectivity index (χ1) is 10.9. The Kier molecular flexibility index (Phi) is 7.57. The highest BCUT2D eigenvalue weighted by Gasteiger charge is 2.36. The van der Waals surface area contributed by atoms with Crippen LogP contribution in [0.2, 0.25) is 0 Å². The SMILES string of the molecule is NCCCC[C@@H](C(=O)O)N(O)N(O)[C@@H](Cc1cnc[nH]1)C(=O)O. The zero-order valence-electron chi connectivity index (χ0n) is 12.4. The minimum atomic E-state index is -1.59. The molecule has 1 rings (SSSR count). The summed E-state index contributed by atoms with van der Waals surface area (Å²) in [6.07, 6.45) is 3.42. The summed E-state index contributed by atoms with van der Waals surface area (Å²) in [4.78, 5) is 28.9. The standard InChI is InChI=1S/C12H21N5O6/c13-4-2-1-3-9(11(18)19)16(22)17(23)10(12(20)21)5-8-6-14-7-15-8/h6-7,9-10,22-23H,1-5,13H2,(H,14,15)(H,18,19)(H,20,21)/t9-,10-/m0/s1. The number of hydrogen-bond acceptors (Lipinski definition) is 8. The lowest BCUT2D eigenvalue weighted by molar-refractivity contribution is -0.393. The highest BCUT2D eigenvalue weighted by Crippen LogP contribution is 2.14. The van der Waals surface area contributed by atoms with Crippen LogP contribution in [0.1, 0.15) is 25.0 Å². The average Bonchev–Trinajstić information content (AvgIpc) is 3.00. The number of aromatic nitrogens is 2. The fourth-order valence-corrected chi connectivity index (χ4v) is 1.98. The van der Waals surface area contributed by atoms with E-state index in [1.807, 2.05) is 0 Å². The quantitative estimate of drug-likeness (QED) is 0.224. The molecule has 1 heterocycles. The summed E-state index contributed by atoms with van der Waals surface area (Å²) < 4.78 is 0. The van der Waals surface area contributed by atoms with Crippen LogP contribution in [0, 0.1) is 0 Å². The molecule has 0 fully saturated rings. The lowest BCUT2D eigenvalue weighted by Gasteiger charge is -2.32. The molecule has 130 valence electrons. The molecular weight excluding hydrogens is 310 g/mol. The van der Waals surface area contributed by atoms with Gasteiger partial charge >= 0.3 is 11.9 Å². The summed E-state index contributed by atoms with van der Waals surface area (Å²) in [7, 11) is 0. The van der Waals surface area contributed by atoms with E-state index in [1.54, 1.807) is 0 Å². The topological polar surface area (TPSA) is 176 Å². The zero-order valence-corrected chi connectivity index (χ0v) is 12.4. The molecule has 0 saturated heterocycles. The molecule has 2 atom stereocenters. The van der Waals surface area contributed by atoms with Crippen LogP contribution in [0.25, 0.3) is 0 Å². The summed E-state index contributed by atoms with van der Waals surface area (Å²) in [5.74, 6) is -2.83. The number of H-pyrrole nitrogens is 1. The van der Waals surface area contributed by atoms with Crippen molar-refractivity contribution in [2.75, 3.05) is 6.54 Å². The number of nitrogens with two attached hydrogens (primary N) is 1. The molecule has 11 nitrogen and oxygen atoms in total. The van der Waals surface area contributed by atoms with Crippen LogP contribution in [-0.2, 0) is 16.0 Å². The molecule has 0 bridgehead atoms. The predicted molar refractivity (Wildman–Crippen MR) is 75.3 cm³/mol. The number of carboxylic acid groups (broad SMARTS) is 2. The number of rotatable bonds is 11. The molecule has 0 amide bonds. The van der Waals surface area contributed by atoms with Gasteiger partial charge in [-0.3, -0.25) is 20.0 Å². The van der Waals surface area contributed by atoms with Crippen molar-refractivity contribution >= 4 is 11.9 Å². The number of aliphatic carboxylic acids is 2. The highest BCUT2D eigenvalue weighted by atomic mass is 16.7. The van der Waals surface area contributed by atoms with Crippen molar-refractivity contribution in [3.8, 4) is 0 Å². The van der Waals surface area contributed by atoms with Gasteiger partial charge in [-0.2, -0.15) is 0 Å². The molecule has 23 heavy (non-hydrogen) atoms. The van der Waals surface area contributed by atoms with Crippen LogP contribution in [-0.4, -0.2) is 71.5 Å². The number of nitrogens with one attached hydrogen (secondary N) is 1. The van der Waals surface area contributed by atoms with E-state index in [-0.39, 0.29) is 23.2 Å². The van der Waals surface area contributed by atoms with Crippen LogP contribution in [0.3, 0.4) is 0 Å². The number of nitrogens with zero attached hydrogens (tertiary/aromatic N) is 3. The zero-order chi connectivity index (χ0) is 17.4. The number of carbonyl (C=O) groups is 2. The predicted octanol–water partition coefficient (Wildman–Crippen LogP) is -0.715. The van der Waals surface area contributed by atoms with Gasteiger partial charge < -0.3 is 20.9 Å². The van der Waals surface area contributed by atoms with Crippen LogP contribution in [0.4, 0.5) is 0 Å². The molecule has 1 aromatic heterocycles. The van der Waals surface area contributed by atoms with Crippen LogP contribution in [0.15, 0.2) is 12.5 Å². The molecule has 0 aliphatic heterocycles. The Bertz CT molecular complexity index is 496. The van der Waals surface area contributed by atoms with E-state index in [4.69, 9.17) is 10.8 Å². The van der Waals surface area contributed by atoms with Gasteiger partial charge in [-0.15, -0.1) is 0 Å². The number of carboxylic acids is 2. The minimum absolute atomic E-state index is 0.00348. The van der Waals surface area contributed by atoms with Crippen molar-refractivity contribution in [1.29, 1.82) is 0 Å². The lowest BCUT2D eigenvalue weighted by atomic mass is 10.1. The molecule has 7 N–H and O–H groups in total. The molecule has 0 unspecified atom stereocenters. The van der Waals surface area contributed by atoms with Crippen molar-refractivity contribution in [3.05, 3.63) is 18.2 Å². The first-order valence-electron chi connectivity index (χ1n) is 6.97. The van der Waals surface area contributed by atoms with Gasteiger partial charge in [-0.1, -0.05) is 10.3 Å². The molecular formula is C12H21N5O6. The second-order valence-electron chi connectivity index (χ2n) is 4.91. The van der Waals surface area contributed by atoms with E-state index < -0.39 is 24.0 Å². The van der Waals surface area contributed by atoms with Gasteiger partial charge in [0.15, 0.2) is 12.1 Å². The third-order valence-corrected chi connectivity index (χ3v) is 3.24. The van der Waals surface area contributed by atoms with Crippen LogP contribution < -0.4 is 5.73 Å². The van der Waals surface area contributed by atoms with E-state index in [9.17, 15) is 25.1 Å². The smallest absolute Gasteiger partial charge is 0.325 e. The molecule has 0 aliphatic carbocycles. The van der Waals surface area contributed by atoms with Crippen LogP contribution >= 0.6 is 0 Å². The maximum absolute atomic E-state index is 11.3. The first kappa shape index (κ1) is 19.0. The van der Waals surface area contributed by atoms with Gasteiger partial charge in [0.05, 0.1) is 6.33 Å². The summed E-state index contributed by atoms with van der Waals surface area (Å²) in [5.41, 5.74) is 5.72. The van der Waals surface area contributed by atoms with Gasteiger partial charge in [0.25, 0.3) is 0 Å². The molecule has 0 aliphatic rings. The van der Waals surface area contributed by atoms with E-state index in [0.29, 0.717) is 25.1 Å². The fraction of sp³-hybridized carbons (Fsp3) is 0.583. The van der Waals surface area contributed by atoms with Crippen LogP contribution in [0.5, 0.6) is 0 Å². The van der Waals surface area contributed by atoms with Crippen molar-refractivity contribution in [1.82, 2.24) is 20.3 Å². The molecule has 0 spiro atoms. The molecule has 1 aromatic rings. The molecule has 0 aromatic carbocycles. The van der Waals surface area contributed by atoms with Crippen molar-refractivity contribution in [3.63, 3.8) is 0 Å². The average molecular weight is 331 g/mol. The van der Waals surface area contributed by atoms with Gasteiger partial charge in [-0.05, 0) is 25.8 Å². The van der Waals surface area contributed by atoms with E-state index in [0.717, 1.165) is 0 Å². The second kappa shape index (κ2) is 9.17. The number of imidazole rings is 1. The Morgan fingerprint density at radius 3 is 2.26 bits per heavy atom. The Morgan fingerprint density at radius 2 is 1.78 bits per heavy atom. The summed E-state index contributed by atoms with van der Waals surface area (Å²) in [6, 6.07) is -3.08. The summed E-state index contributed by atoms with van der Waals surface area (Å²) in [5, 5.41) is 38.2. The summed E-state index contributed by atoms with van der Waals surface area (Å²) >= 11 is 0. The van der Waals surface area contributed by atoms with E-state index in [2.05, 4.69) is 9.97 Å². The van der Waals surface area contributed by atoms with E-state index in [1.165, 1.54) is 12.5 Å². The van der Waals surface area contributed by atoms with Gasteiger partial charge in [0.2, 0.25) is 0 Å². The number of unbranched alkanes of at least 4 members (excludes halogenated alkanes) is 1. The van der Waals surface area contributed by atoms with Crippen molar-refractivity contribution in [2.24, 2.45) is 5.73 Å². The summed E-state index contributed by atoms with van der Waals surface area (Å²) in [6.45, 7) is 0.359. The Morgan fingerprint density at radius 1 is 1.17 bits per heavy atom. The molecule has 0 radical (unpaired) electrons. The molecule has 11 heteroatoms. The second-order valence-corrected chi connectivity index (χ2v) is 4.91. The Hall–Kier alpha value is -2.05. The van der Waals surface area contributed by atoms with Gasteiger partial charge in [0.1, 0.15) is 0 Å². The Balaban J connectivity index is 2.80. The Labute approximate surface area is 131 Å². The number of aromatic amines is 1. The number of hydrogen-bond donors (Lipinski definition) is 6. The fourth-order valence-electron chi connectivity index (χ4n) is 1.98. The van der Waals surface area contributed by atoms with Gasteiger partial charge in [0, 0.05) is 18.3 Å². The monoisotopic (exact) mass is 331 g/mol. The number of hydroxylamine groups is 2. The number of hydrazine groups is 1. The first-order valence-corrected chi connectivity index (χ1v) is 6.97. The minimum Gasteiger partial charge on any atom is -0.480 e. The third kappa shape index (κ3) is 5.58. The largest absolute Gasteiger partial charge is 0.480 e.